The summed E-state index contributed by atoms with van der Waals surface area (Å²) in [6.45, 7) is 0.689. The van der Waals surface area contributed by atoms with Crippen LogP contribution in [0.3, 0.4) is 0 Å². The maximum absolute atomic E-state index is 10.7. The van der Waals surface area contributed by atoms with Gasteiger partial charge in [-0.25, -0.2) is 9.78 Å². The van der Waals surface area contributed by atoms with Gasteiger partial charge in [0.2, 0.25) is 0 Å². The zero-order chi connectivity index (χ0) is 12.3. The second-order valence-corrected chi connectivity index (χ2v) is 4.31. The van der Waals surface area contributed by atoms with Crippen molar-refractivity contribution in [3.05, 3.63) is 18.1 Å². The fourth-order valence-corrected chi connectivity index (χ4v) is 2.04. The molecular weight excluding hydrogens is 222 g/mol. The lowest BCUT2D eigenvalue weighted by molar-refractivity contribution is 0.0690. The number of anilines is 1. The number of nitrogens with zero attached hydrogens (tertiary/aromatic N) is 2. The molecule has 1 aliphatic carbocycles. The molecule has 1 saturated carbocycles. The summed E-state index contributed by atoms with van der Waals surface area (Å²) in [5.41, 5.74) is -0.0681. The first-order valence-corrected chi connectivity index (χ1v) is 5.62. The Morgan fingerprint density at radius 1 is 1.47 bits per heavy atom. The predicted octanol–water partition coefficient (Wildman–Crippen LogP) is 0.748. The second-order valence-electron chi connectivity index (χ2n) is 4.31. The van der Waals surface area contributed by atoms with E-state index in [0.717, 1.165) is 19.3 Å². The molecule has 1 aromatic heterocycles. The van der Waals surface area contributed by atoms with Gasteiger partial charge in [0.05, 0.1) is 18.5 Å². The molecule has 2 atom stereocenters. The molecule has 1 aliphatic rings. The molecule has 2 rings (SSSR count). The molecule has 1 fully saturated rings. The number of rotatable bonds is 4. The Balaban J connectivity index is 1.90. The maximum Gasteiger partial charge on any atom is 0.356 e. The fourth-order valence-electron chi connectivity index (χ4n) is 2.04. The summed E-state index contributed by atoms with van der Waals surface area (Å²) >= 11 is 0. The van der Waals surface area contributed by atoms with Crippen molar-refractivity contribution in [1.82, 2.24) is 9.97 Å². The van der Waals surface area contributed by atoms with Crippen molar-refractivity contribution in [2.45, 2.75) is 25.4 Å². The number of carboxylic acid groups (broad SMARTS) is 1. The van der Waals surface area contributed by atoms with Crippen LogP contribution in [0.15, 0.2) is 12.4 Å². The van der Waals surface area contributed by atoms with E-state index in [2.05, 4.69) is 15.3 Å². The van der Waals surface area contributed by atoms with Crippen LogP contribution in [0.4, 0.5) is 5.82 Å². The van der Waals surface area contributed by atoms with Gasteiger partial charge in [-0.05, 0) is 25.2 Å². The fraction of sp³-hybridized carbons (Fsp3) is 0.545. The minimum Gasteiger partial charge on any atom is -0.476 e. The summed E-state index contributed by atoms with van der Waals surface area (Å²) < 4.78 is 0. The zero-order valence-corrected chi connectivity index (χ0v) is 9.33. The van der Waals surface area contributed by atoms with Gasteiger partial charge in [-0.1, -0.05) is 0 Å². The Hall–Kier alpha value is -1.69. The van der Waals surface area contributed by atoms with E-state index in [1.165, 1.54) is 12.4 Å². The van der Waals surface area contributed by atoms with Gasteiger partial charge in [0.15, 0.2) is 5.69 Å². The van der Waals surface area contributed by atoms with Crippen LogP contribution in [0.2, 0.25) is 0 Å². The normalized spacial score (nSPS) is 23.6. The van der Waals surface area contributed by atoms with E-state index in [9.17, 15) is 9.90 Å². The topological polar surface area (TPSA) is 95.3 Å². The number of aliphatic hydroxyl groups excluding tert-OH is 1. The highest BCUT2D eigenvalue weighted by atomic mass is 16.4. The van der Waals surface area contributed by atoms with Crippen LogP contribution in [0.1, 0.15) is 29.8 Å². The number of hydrogen-bond acceptors (Lipinski definition) is 5. The van der Waals surface area contributed by atoms with Crippen molar-refractivity contribution in [3.63, 3.8) is 0 Å². The third-order valence-corrected chi connectivity index (χ3v) is 2.94. The van der Waals surface area contributed by atoms with E-state index < -0.39 is 5.97 Å². The van der Waals surface area contributed by atoms with Crippen molar-refractivity contribution in [1.29, 1.82) is 0 Å². The summed E-state index contributed by atoms with van der Waals surface area (Å²) in [5.74, 6) is -0.205. The SMILES string of the molecule is O=C(O)c1cncc(NCC2CCC(O)C2)n1. The Kier molecular flexibility index (Phi) is 3.53. The third kappa shape index (κ3) is 3.13. The molecule has 0 saturated heterocycles. The van der Waals surface area contributed by atoms with Gasteiger partial charge in [-0.2, -0.15) is 0 Å². The van der Waals surface area contributed by atoms with Crippen LogP contribution in [-0.4, -0.2) is 38.8 Å². The molecule has 2 unspecified atom stereocenters. The van der Waals surface area contributed by atoms with Gasteiger partial charge in [-0.15, -0.1) is 0 Å². The summed E-state index contributed by atoms with van der Waals surface area (Å²) in [4.78, 5) is 18.4. The molecule has 0 bridgehead atoms. The van der Waals surface area contributed by atoms with Gasteiger partial charge in [0, 0.05) is 6.54 Å². The lowest BCUT2D eigenvalue weighted by Gasteiger charge is -2.11. The Morgan fingerprint density at radius 3 is 2.94 bits per heavy atom. The highest BCUT2D eigenvalue weighted by Gasteiger charge is 2.22. The monoisotopic (exact) mass is 237 g/mol. The smallest absolute Gasteiger partial charge is 0.356 e. The summed E-state index contributed by atoms with van der Waals surface area (Å²) in [7, 11) is 0. The molecular formula is C11H15N3O3. The first-order valence-electron chi connectivity index (χ1n) is 5.62. The average molecular weight is 237 g/mol. The summed E-state index contributed by atoms with van der Waals surface area (Å²) in [6.07, 6.45) is 5.13. The molecule has 6 heteroatoms. The quantitative estimate of drug-likeness (QED) is 0.715. The number of aromatic carboxylic acids is 1. The minimum absolute atomic E-state index is 0.0681. The van der Waals surface area contributed by atoms with Crippen LogP contribution < -0.4 is 5.32 Å². The van der Waals surface area contributed by atoms with Crippen LogP contribution in [0, 0.1) is 5.92 Å². The number of carbonyl (C=O) groups is 1. The zero-order valence-electron chi connectivity index (χ0n) is 9.33. The van der Waals surface area contributed by atoms with Crippen LogP contribution in [0.5, 0.6) is 0 Å². The van der Waals surface area contributed by atoms with Gasteiger partial charge >= 0.3 is 5.97 Å². The predicted molar refractivity (Wildman–Crippen MR) is 60.8 cm³/mol. The molecule has 6 nitrogen and oxygen atoms in total. The Bertz CT molecular complexity index is 411. The van der Waals surface area contributed by atoms with Gasteiger partial charge in [0.1, 0.15) is 5.82 Å². The van der Waals surface area contributed by atoms with Crippen LogP contribution >= 0.6 is 0 Å². The van der Waals surface area contributed by atoms with Crippen molar-refractivity contribution in [2.75, 3.05) is 11.9 Å². The van der Waals surface area contributed by atoms with Crippen molar-refractivity contribution in [2.24, 2.45) is 5.92 Å². The molecule has 0 aliphatic heterocycles. The van der Waals surface area contributed by atoms with Crippen molar-refractivity contribution < 1.29 is 15.0 Å². The molecule has 0 aromatic carbocycles. The third-order valence-electron chi connectivity index (χ3n) is 2.94. The van der Waals surface area contributed by atoms with Gasteiger partial charge in [0.25, 0.3) is 0 Å². The molecule has 0 amide bonds. The molecule has 3 N–H and O–H groups in total. The number of aromatic nitrogens is 2. The Labute approximate surface area is 98.7 Å². The highest BCUT2D eigenvalue weighted by molar-refractivity contribution is 5.85. The van der Waals surface area contributed by atoms with Gasteiger partial charge in [-0.3, -0.25) is 4.98 Å². The molecule has 92 valence electrons. The van der Waals surface area contributed by atoms with Gasteiger partial charge < -0.3 is 15.5 Å². The van der Waals surface area contributed by atoms with E-state index in [1.807, 2.05) is 0 Å². The van der Waals surface area contributed by atoms with Crippen molar-refractivity contribution in [3.8, 4) is 0 Å². The van der Waals surface area contributed by atoms with E-state index in [1.54, 1.807) is 0 Å². The number of carboxylic acids is 1. The molecule has 1 aromatic rings. The lowest BCUT2D eigenvalue weighted by Crippen LogP contribution is -2.14. The molecule has 0 spiro atoms. The maximum atomic E-state index is 10.7. The number of hydrogen-bond donors (Lipinski definition) is 3. The molecule has 17 heavy (non-hydrogen) atoms. The first kappa shape index (κ1) is 11.8. The Morgan fingerprint density at radius 2 is 2.29 bits per heavy atom. The average Bonchev–Trinajstić information content (AvgIpc) is 2.73. The molecule has 1 heterocycles. The van der Waals surface area contributed by atoms with Crippen molar-refractivity contribution >= 4 is 11.8 Å². The highest BCUT2D eigenvalue weighted by Crippen LogP contribution is 2.25. The standard InChI is InChI=1S/C11H15N3O3/c15-8-2-1-7(3-8)4-13-10-6-12-5-9(14-10)11(16)17/h5-8,15H,1-4H2,(H,13,14)(H,16,17). The first-order chi connectivity index (χ1) is 8.15. The number of aliphatic hydroxyl groups is 1. The lowest BCUT2D eigenvalue weighted by atomic mass is 10.1. The van der Waals surface area contributed by atoms with Crippen LogP contribution in [0.25, 0.3) is 0 Å². The minimum atomic E-state index is -1.09. The van der Waals surface area contributed by atoms with E-state index >= 15 is 0 Å². The summed E-state index contributed by atoms with van der Waals surface area (Å²) in [5, 5.41) is 21.2. The summed E-state index contributed by atoms with van der Waals surface area (Å²) in [6, 6.07) is 0. The van der Waals surface area contributed by atoms with E-state index in [-0.39, 0.29) is 11.8 Å². The largest absolute Gasteiger partial charge is 0.476 e. The number of nitrogens with one attached hydrogen (secondary N) is 1. The van der Waals surface area contributed by atoms with E-state index in [4.69, 9.17) is 5.11 Å². The van der Waals surface area contributed by atoms with E-state index in [0.29, 0.717) is 18.3 Å². The molecule has 0 radical (unpaired) electrons. The van der Waals surface area contributed by atoms with Crippen LogP contribution in [-0.2, 0) is 0 Å². The second kappa shape index (κ2) is 5.09.